The summed E-state index contributed by atoms with van der Waals surface area (Å²) in [5, 5.41) is 18.3. The summed E-state index contributed by atoms with van der Waals surface area (Å²) < 4.78 is 26.5. The highest BCUT2D eigenvalue weighted by Gasteiger charge is 2.23. The molecule has 0 aliphatic carbocycles. The molecule has 15 nitrogen and oxygen atoms in total. The van der Waals surface area contributed by atoms with Crippen LogP contribution < -0.4 is 15.2 Å². The van der Waals surface area contributed by atoms with Crippen LogP contribution in [0.25, 0.3) is 78.6 Å². The van der Waals surface area contributed by atoms with Crippen molar-refractivity contribution >= 4 is 28.0 Å². The molecule has 2 N–H and O–H groups in total. The number of nitrogens with zero attached hydrogens (tertiary/aromatic N) is 7. The number of para-hydroxylation sites is 2. The second kappa shape index (κ2) is 16.7. The van der Waals surface area contributed by atoms with Gasteiger partial charge in [0.15, 0.2) is 5.82 Å². The molecule has 316 valence electrons. The van der Waals surface area contributed by atoms with Crippen molar-refractivity contribution < 1.29 is 28.4 Å². The molecule has 0 aliphatic heterocycles. The van der Waals surface area contributed by atoms with E-state index >= 15 is 0 Å². The lowest BCUT2D eigenvalue weighted by molar-refractivity contribution is 0.0698. The molecule has 0 spiro atoms. The topological polar surface area (TPSA) is 189 Å². The average molecular weight is 851 g/mol. The molecule has 0 saturated heterocycles. The van der Waals surface area contributed by atoms with Gasteiger partial charge < -0.3 is 19.1 Å². The number of aromatic nitrogens is 8. The number of aromatic carboxylic acids is 1. The second-order valence-electron chi connectivity index (χ2n) is 14.8. The molecule has 0 fully saturated rings. The Bertz CT molecular complexity index is 3380. The van der Waals surface area contributed by atoms with Crippen LogP contribution in [0.3, 0.4) is 0 Å². The first-order valence-corrected chi connectivity index (χ1v) is 20.6. The lowest BCUT2D eigenvalue weighted by Crippen LogP contribution is -2.08. The normalized spacial score (nSPS) is 11.4. The molecule has 10 rings (SSSR count). The number of carboxylic acids is 1. The second-order valence-corrected chi connectivity index (χ2v) is 14.8. The highest BCUT2D eigenvalue weighted by atomic mass is 16.5. The van der Waals surface area contributed by atoms with E-state index in [1.165, 1.54) is 0 Å². The quantitative estimate of drug-likeness (QED) is 0.106. The standard InChI is InChI=1S/C49H38N8O7/c1-3-61-47-50-39-17-9-15-37(41(39)56(47)27-29-19-25-32(26-20-29)34-12-6-8-14-36(34)44-53-49(60)64-55-44)45-52-43(54-63-45)35-13-7-5-11-33(35)31-23-21-30(22-24-31)28-57-42-38(46(58)59)16-10-18-40(42)51-48(57)62-4-2/h5-26H,3-4,27-28H2,1-2H3,(H,58,59)(H,53,55,60). The molecule has 0 atom stereocenters. The van der Waals surface area contributed by atoms with Gasteiger partial charge in [-0.05, 0) is 71.5 Å². The highest BCUT2D eigenvalue weighted by molar-refractivity contribution is 6.01. The first-order chi connectivity index (χ1) is 31.4. The van der Waals surface area contributed by atoms with Crippen molar-refractivity contribution in [2.24, 2.45) is 0 Å². The van der Waals surface area contributed by atoms with Gasteiger partial charge in [-0.15, -0.1) is 0 Å². The summed E-state index contributed by atoms with van der Waals surface area (Å²) in [7, 11) is 0. The van der Waals surface area contributed by atoms with E-state index in [4.69, 9.17) is 28.5 Å². The van der Waals surface area contributed by atoms with E-state index in [-0.39, 0.29) is 5.56 Å². The lowest BCUT2D eigenvalue weighted by atomic mass is 9.98. The van der Waals surface area contributed by atoms with Crippen molar-refractivity contribution in [2.45, 2.75) is 26.9 Å². The van der Waals surface area contributed by atoms with Gasteiger partial charge in [-0.25, -0.2) is 9.59 Å². The molecule has 0 aliphatic rings. The van der Waals surface area contributed by atoms with Crippen LogP contribution >= 0.6 is 0 Å². The number of rotatable bonds is 14. The summed E-state index contributed by atoms with van der Waals surface area (Å²) >= 11 is 0. The van der Waals surface area contributed by atoms with E-state index in [1.54, 1.807) is 22.8 Å². The van der Waals surface area contributed by atoms with Crippen LogP contribution in [-0.4, -0.2) is 63.7 Å². The number of H-pyrrole nitrogens is 1. The maximum Gasteiger partial charge on any atom is 0.439 e. The third-order valence-corrected chi connectivity index (χ3v) is 10.9. The van der Waals surface area contributed by atoms with E-state index in [1.807, 2.05) is 134 Å². The zero-order valence-corrected chi connectivity index (χ0v) is 34.6. The summed E-state index contributed by atoms with van der Waals surface area (Å²) in [5.41, 5.74) is 10.5. The van der Waals surface area contributed by atoms with Gasteiger partial charge in [-0.1, -0.05) is 120 Å². The van der Waals surface area contributed by atoms with E-state index in [2.05, 4.69) is 20.3 Å². The molecule has 4 aromatic heterocycles. The number of fused-ring (bicyclic) bond motifs is 2. The van der Waals surface area contributed by atoms with E-state index in [9.17, 15) is 14.7 Å². The van der Waals surface area contributed by atoms with Gasteiger partial charge in [-0.2, -0.15) is 15.0 Å². The summed E-state index contributed by atoms with van der Waals surface area (Å²) in [4.78, 5) is 40.9. The number of carbonyl (C=O) groups is 1. The van der Waals surface area contributed by atoms with Gasteiger partial charge >= 0.3 is 11.7 Å². The minimum Gasteiger partial charge on any atom is -0.478 e. The van der Waals surface area contributed by atoms with Gasteiger partial charge in [-0.3, -0.25) is 18.6 Å². The summed E-state index contributed by atoms with van der Waals surface area (Å²) in [6.45, 7) is 5.39. The van der Waals surface area contributed by atoms with E-state index in [0.717, 1.165) is 50.0 Å². The zero-order valence-electron chi connectivity index (χ0n) is 34.6. The Balaban J connectivity index is 0.950. The minimum absolute atomic E-state index is 0.159. The molecule has 64 heavy (non-hydrogen) atoms. The molecule has 10 aromatic rings. The maximum atomic E-state index is 12.2. The Morgan fingerprint density at radius 2 is 1.12 bits per heavy atom. The SMILES string of the molecule is CCOc1nc2cccc(C(=O)O)c2n1Cc1ccc(-c2ccccc2-c2noc(-c3cccc4nc(OCC)n(Cc5ccc(-c6ccccc6-c6noc(=O)[nH]6)cc5)c34)n2)cc1. The Morgan fingerprint density at radius 3 is 1.70 bits per heavy atom. The van der Waals surface area contributed by atoms with Crippen LogP contribution in [0.1, 0.15) is 35.3 Å². The Kier molecular flexibility index (Phi) is 10.3. The van der Waals surface area contributed by atoms with Crippen LogP contribution in [0.4, 0.5) is 0 Å². The molecule has 0 unspecified atom stereocenters. The van der Waals surface area contributed by atoms with Crippen LogP contribution in [0.5, 0.6) is 12.0 Å². The fourth-order valence-electron chi connectivity index (χ4n) is 8.05. The van der Waals surface area contributed by atoms with Crippen molar-refractivity contribution in [1.82, 2.24) is 39.4 Å². The lowest BCUT2D eigenvalue weighted by Gasteiger charge is -2.12. The monoisotopic (exact) mass is 850 g/mol. The number of benzene rings is 6. The number of hydrogen-bond acceptors (Lipinski definition) is 11. The Morgan fingerprint density at radius 1 is 0.594 bits per heavy atom. The Hall–Kier alpha value is -8.59. The fraction of sp³-hybridized carbons (Fsp3) is 0.122. The molecule has 0 radical (unpaired) electrons. The third-order valence-electron chi connectivity index (χ3n) is 10.9. The smallest absolute Gasteiger partial charge is 0.439 e. The number of aromatic amines is 1. The third kappa shape index (κ3) is 7.34. The molecular weight excluding hydrogens is 813 g/mol. The molecule has 0 bridgehead atoms. The van der Waals surface area contributed by atoms with Crippen LogP contribution in [0, 0.1) is 0 Å². The summed E-state index contributed by atoms with van der Waals surface area (Å²) in [5.74, 6) is -0.544. The van der Waals surface area contributed by atoms with Gasteiger partial charge in [0.2, 0.25) is 5.82 Å². The maximum absolute atomic E-state index is 12.2. The number of nitrogens with one attached hydrogen (secondary N) is 1. The fourth-order valence-corrected chi connectivity index (χ4v) is 8.05. The first-order valence-electron chi connectivity index (χ1n) is 20.6. The predicted molar refractivity (Wildman–Crippen MR) is 239 cm³/mol. The largest absolute Gasteiger partial charge is 0.478 e. The van der Waals surface area contributed by atoms with Crippen LogP contribution in [-0.2, 0) is 13.1 Å². The van der Waals surface area contributed by atoms with Crippen molar-refractivity contribution in [1.29, 1.82) is 0 Å². The van der Waals surface area contributed by atoms with Crippen molar-refractivity contribution in [3.63, 3.8) is 0 Å². The summed E-state index contributed by atoms with van der Waals surface area (Å²) in [6.07, 6.45) is 0. The van der Waals surface area contributed by atoms with Crippen LogP contribution in [0.2, 0.25) is 0 Å². The van der Waals surface area contributed by atoms with Gasteiger partial charge in [0, 0.05) is 11.1 Å². The molecule has 4 heterocycles. The molecule has 6 aromatic carbocycles. The van der Waals surface area contributed by atoms with Crippen LogP contribution in [0.15, 0.2) is 147 Å². The van der Waals surface area contributed by atoms with Crippen molar-refractivity contribution in [3.05, 3.63) is 161 Å². The first kappa shape index (κ1) is 39.5. The average Bonchev–Trinajstić information content (AvgIpc) is 4.13. The molecule has 0 amide bonds. The number of ether oxygens (including phenoxy) is 2. The highest BCUT2D eigenvalue weighted by Crippen LogP contribution is 2.37. The summed E-state index contributed by atoms with van der Waals surface area (Å²) in [6, 6.07) is 43.4. The molecule has 0 saturated carbocycles. The molecule has 15 heteroatoms. The van der Waals surface area contributed by atoms with E-state index in [0.29, 0.717) is 78.0 Å². The van der Waals surface area contributed by atoms with E-state index < -0.39 is 11.7 Å². The number of carboxylic acid groups (broad SMARTS) is 1. The minimum atomic E-state index is -1.03. The van der Waals surface area contributed by atoms with Crippen molar-refractivity contribution in [3.8, 4) is 68.5 Å². The Labute approximate surface area is 364 Å². The van der Waals surface area contributed by atoms with Gasteiger partial charge in [0.25, 0.3) is 17.9 Å². The molecular formula is C49H38N8O7. The number of imidazole rings is 2. The van der Waals surface area contributed by atoms with Gasteiger partial charge in [0.05, 0.1) is 59.5 Å². The zero-order chi connectivity index (χ0) is 43.7. The van der Waals surface area contributed by atoms with Crippen molar-refractivity contribution in [2.75, 3.05) is 13.2 Å². The number of hydrogen-bond donors (Lipinski definition) is 2. The predicted octanol–water partition coefficient (Wildman–Crippen LogP) is 9.37. The van der Waals surface area contributed by atoms with Gasteiger partial charge in [0.1, 0.15) is 0 Å².